The van der Waals surface area contributed by atoms with Gasteiger partial charge in [0, 0.05) is 30.8 Å². The van der Waals surface area contributed by atoms with E-state index in [9.17, 15) is 4.79 Å². The van der Waals surface area contributed by atoms with Crippen LogP contribution in [-0.4, -0.2) is 30.6 Å². The van der Waals surface area contributed by atoms with E-state index >= 15 is 0 Å². The van der Waals surface area contributed by atoms with Crippen LogP contribution in [0, 0.1) is 0 Å². The third kappa shape index (κ3) is 2.02. The Morgan fingerprint density at radius 3 is 2.93 bits per heavy atom. The average molecular weight is 205 g/mol. The molecule has 0 aromatic heterocycles. The van der Waals surface area contributed by atoms with Gasteiger partial charge in [-0.25, -0.2) is 0 Å². The number of nitrogens with zero attached hydrogens (tertiary/aromatic N) is 1. The maximum atomic E-state index is 11.8. The molecule has 1 aromatic carbocycles. The first kappa shape index (κ1) is 10.2. The molecule has 1 heterocycles. The first-order valence-electron chi connectivity index (χ1n) is 5.31. The van der Waals surface area contributed by atoms with E-state index in [2.05, 4.69) is 4.90 Å². The maximum Gasteiger partial charge on any atom is 0.165 e. The Bertz CT molecular complexity index is 362. The number of β-amino-alcohol motifs (C(OH)–C–C–N with tert-alkyl or cyclic N) is 1. The molecule has 0 saturated heterocycles. The molecule has 80 valence electrons. The Kier molecular flexibility index (Phi) is 3.02. The van der Waals surface area contributed by atoms with Crippen LogP contribution in [0.1, 0.15) is 23.2 Å². The van der Waals surface area contributed by atoms with Crippen LogP contribution in [0.25, 0.3) is 0 Å². The molecule has 1 aliphatic heterocycles. The summed E-state index contributed by atoms with van der Waals surface area (Å²) in [5.74, 6) is 0.214. The van der Waals surface area contributed by atoms with Gasteiger partial charge >= 0.3 is 0 Å². The molecule has 2 rings (SSSR count). The average Bonchev–Trinajstić information content (AvgIpc) is 2.41. The van der Waals surface area contributed by atoms with Crippen molar-refractivity contribution >= 4 is 11.5 Å². The summed E-state index contributed by atoms with van der Waals surface area (Å²) < 4.78 is 0. The van der Waals surface area contributed by atoms with E-state index in [0.29, 0.717) is 13.0 Å². The molecule has 0 amide bonds. The van der Waals surface area contributed by atoms with Crippen molar-refractivity contribution in [3.8, 4) is 0 Å². The molecule has 0 bridgehead atoms. The highest BCUT2D eigenvalue weighted by atomic mass is 16.3. The molecule has 1 aromatic rings. The monoisotopic (exact) mass is 205 g/mol. The third-order valence-corrected chi connectivity index (χ3v) is 2.75. The van der Waals surface area contributed by atoms with Gasteiger partial charge in [-0.05, 0) is 18.6 Å². The summed E-state index contributed by atoms with van der Waals surface area (Å²) in [6.45, 7) is 1.58. The number of rotatable bonds is 2. The van der Waals surface area contributed by atoms with E-state index in [0.717, 1.165) is 24.2 Å². The number of carbonyl (C=O) groups excluding carboxylic acids is 1. The largest absolute Gasteiger partial charge is 0.395 e. The molecular weight excluding hydrogens is 190 g/mol. The van der Waals surface area contributed by atoms with Crippen molar-refractivity contribution in [1.82, 2.24) is 0 Å². The molecule has 0 aliphatic carbocycles. The Hall–Kier alpha value is -1.35. The summed E-state index contributed by atoms with van der Waals surface area (Å²) >= 11 is 0. The van der Waals surface area contributed by atoms with Gasteiger partial charge in [0.15, 0.2) is 5.78 Å². The van der Waals surface area contributed by atoms with E-state index in [1.807, 2.05) is 24.3 Å². The predicted octanol–water partition coefficient (Wildman–Crippen LogP) is 1.46. The third-order valence-electron chi connectivity index (χ3n) is 2.75. The van der Waals surface area contributed by atoms with Crippen LogP contribution < -0.4 is 4.90 Å². The van der Waals surface area contributed by atoms with Crippen molar-refractivity contribution in [3.63, 3.8) is 0 Å². The van der Waals surface area contributed by atoms with E-state index in [-0.39, 0.29) is 12.4 Å². The normalized spacial score (nSPS) is 16.1. The zero-order chi connectivity index (χ0) is 10.7. The molecule has 0 atom stereocenters. The standard InChI is InChI=1S/C12H15NO2/c14-9-8-13-7-3-6-12(15)10-4-1-2-5-11(10)13/h1-2,4-5,14H,3,6-9H2. The van der Waals surface area contributed by atoms with Crippen molar-refractivity contribution in [2.24, 2.45) is 0 Å². The number of benzene rings is 1. The molecular formula is C12H15NO2. The van der Waals surface area contributed by atoms with Gasteiger partial charge in [0.2, 0.25) is 0 Å². The molecule has 1 aliphatic rings. The topological polar surface area (TPSA) is 40.5 Å². The van der Waals surface area contributed by atoms with Crippen LogP contribution in [0.3, 0.4) is 0 Å². The number of hydrogen-bond acceptors (Lipinski definition) is 3. The molecule has 0 fully saturated rings. The zero-order valence-electron chi connectivity index (χ0n) is 8.65. The second-order valence-electron chi connectivity index (χ2n) is 3.75. The number of anilines is 1. The van der Waals surface area contributed by atoms with Crippen molar-refractivity contribution in [2.45, 2.75) is 12.8 Å². The lowest BCUT2D eigenvalue weighted by molar-refractivity contribution is 0.0984. The van der Waals surface area contributed by atoms with Crippen molar-refractivity contribution in [3.05, 3.63) is 29.8 Å². The Morgan fingerprint density at radius 1 is 1.33 bits per heavy atom. The Balaban J connectivity index is 2.38. The number of carbonyl (C=O) groups is 1. The van der Waals surface area contributed by atoms with Gasteiger partial charge in [0.05, 0.1) is 6.61 Å². The summed E-state index contributed by atoms with van der Waals surface area (Å²) in [4.78, 5) is 13.8. The number of fused-ring (bicyclic) bond motifs is 1. The van der Waals surface area contributed by atoms with Gasteiger partial charge in [-0.15, -0.1) is 0 Å². The van der Waals surface area contributed by atoms with Gasteiger partial charge < -0.3 is 10.0 Å². The highest BCUT2D eigenvalue weighted by molar-refractivity contribution is 6.01. The number of ketones is 1. The summed E-state index contributed by atoms with van der Waals surface area (Å²) in [5.41, 5.74) is 1.76. The van der Waals surface area contributed by atoms with Crippen LogP contribution in [0.15, 0.2) is 24.3 Å². The lowest BCUT2D eigenvalue weighted by Gasteiger charge is -2.23. The van der Waals surface area contributed by atoms with Gasteiger partial charge in [-0.1, -0.05) is 12.1 Å². The van der Waals surface area contributed by atoms with Gasteiger partial charge in [-0.2, -0.15) is 0 Å². The Morgan fingerprint density at radius 2 is 2.13 bits per heavy atom. The first-order chi connectivity index (χ1) is 7.33. The minimum absolute atomic E-state index is 0.128. The van der Waals surface area contributed by atoms with Crippen LogP contribution in [0.5, 0.6) is 0 Å². The van der Waals surface area contributed by atoms with Crippen LogP contribution >= 0.6 is 0 Å². The fourth-order valence-electron chi connectivity index (χ4n) is 2.02. The van der Waals surface area contributed by atoms with E-state index < -0.39 is 0 Å². The fourth-order valence-corrected chi connectivity index (χ4v) is 2.02. The molecule has 1 N–H and O–H groups in total. The molecule has 3 heteroatoms. The number of para-hydroxylation sites is 1. The van der Waals surface area contributed by atoms with Crippen LogP contribution in [0.4, 0.5) is 5.69 Å². The summed E-state index contributed by atoms with van der Waals surface area (Å²) in [5, 5.41) is 8.98. The molecule has 0 spiro atoms. The van der Waals surface area contributed by atoms with Crippen molar-refractivity contribution in [1.29, 1.82) is 0 Å². The second-order valence-corrected chi connectivity index (χ2v) is 3.75. The predicted molar refractivity (Wildman–Crippen MR) is 59.3 cm³/mol. The smallest absolute Gasteiger partial charge is 0.165 e. The fraction of sp³-hybridized carbons (Fsp3) is 0.417. The highest BCUT2D eigenvalue weighted by Crippen LogP contribution is 2.25. The van der Waals surface area contributed by atoms with Gasteiger partial charge in [-0.3, -0.25) is 4.79 Å². The van der Waals surface area contributed by atoms with Crippen LogP contribution in [0.2, 0.25) is 0 Å². The number of hydrogen-bond donors (Lipinski definition) is 1. The van der Waals surface area contributed by atoms with Crippen LogP contribution in [-0.2, 0) is 0 Å². The lowest BCUT2D eigenvalue weighted by atomic mass is 10.1. The second kappa shape index (κ2) is 4.45. The van der Waals surface area contributed by atoms with Gasteiger partial charge in [0.1, 0.15) is 0 Å². The van der Waals surface area contributed by atoms with Crippen molar-refractivity contribution < 1.29 is 9.90 Å². The summed E-state index contributed by atoms with van der Waals surface area (Å²) in [6, 6.07) is 7.64. The number of aliphatic hydroxyl groups excluding tert-OH is 1. The summed E-state index contributed by atoms with van der Waals surface area (Å²) in [6.07, 6.45) is 1.48. The first-order valence-corrected chi connectivity index (χ1v) is 5.31. The lowest BCUT2D eigenvalue weighted by Crippen LogP contribution is -2.27. The van der Waals surface area contributed by atoms with E-state index in [1.54, 1.807) is 0 Å². The molecule has 0 radical (unpaired) electrons. The van der Waals surface area contributed by atoms with Gasteiger partial charge in [0.25, 0.3) is 0 Å². The van der Waals surface area contributed by atoms with E-state index in [4.69, 9.17) is 5.11 Å². The number of aliphatic hydroxyl groups is 1. The number of Topliss-reactive ketones (excluding diaryl/α,β-unsaturated/α-hetero) is 1. The zero-order valence-corrected chi connectivity index (χ0v) is 8.65. The SMILES string of the molecule is O=C1CCCN(CCO)c2ccccc21. The molecule has 3 nitrogen and oxygen atoms in total. The maximum absolute atomic E-state index is 11.8. The van der Waals surface area contributed by atoms with E-state index in [1.165, 1.54) is 0 Å². The minimum atomic E-state index is 0.128. The molecule has 0 saturated carbocycles. The minimum Gasteiger partial charge on any atom is -0.395 e. The van der Waals surface area contributed by atoms with Crippen molar-refractivity contribution in [2.75, 3.05) is 24.6 Å². The molecule has 0 unspecified atom stereocenters. The quantitative estimate of drug-likeness (QED) is 0.794. The highest BCUT2D eigenvalue weighted by Gasteiger charge is 2.19. The molecule has 15 heavy (non-hydrogen) atoms. The summed E-state index contributed by atoms with van der Waals surface area (Å²) in [7, 11) is 0. The Labute approximate surface area is 89.3 Å².